The van der Waals surface area contributed by atoms with Crippen LogP contribution in [0, 0.1) is 0 Å². The first kappa shape index (κ1) is 20.5. The number of allylic oxidation sites excluding steroid dienone is 2. The van der Waals surface area contributed by atoms with Gasteiger partial charge in [0.25, 0.3) is 0 Å². The van der Waals surface area contributed by atoms with E-state index < -0.39 is 8.07 Å². The summed E-state index contributed by atoms with van der Waals surface area (Å²) in [6.45, 7) is 9.17. The van der Waals surface area contributed by atoms with Gasteiger partial charge in [-0.2, -0.15) is 0 Å². The molecule has 0 spiro atoms. The van der Waals surface area contributed by atoms with Gasteiger partial charge in [-0.25, -0.2) is 4.79 Å². The second-order valence-electron chi connectivity index (χ2n) is 7.05. The summed E-state index contributed by atoms with van der Waals surface area (Å²) in [6.07, 6.45) is 9.22. The van der Waals surface area contributed by atoms with E-state index in [1.54, 1.807) is 0 Å². The molecule has 1 aromatic rings. The Morgan fingerprint density at radius 2 is 1.73 bits per heavy atom. The number of hydrogen-bond acceptors (Lipinski definition) is 2. The third-order valence-corrected chi connectivity index (χ3v) is 11.6. The molecule has 1 unspecified atom stereocenters. The lowest BCUT2D eigenvalue weighted by atomic mass is 10.1. The zero-order chi connectivity index (χ0) is 19.0. The van der Waals surface area contributed by atoms with Crippen LogP contribution in [-0.4, -0.2) is 25.1 Å². The van der Waals surface area contributed by atoms with Crippen molar-refractivity contribution in [2.24, 2.45) is 0 Å². The van der Waals surface area contributed by atoms with Crippen LogP contribution < -0.4 is 4.74 Å². The zero-order valence-electron chi connectivity index (χ0n) is 16.7. The van der Waals surface area contributed by atoms with Crippen LogP contribution in [0.5, 0.6) is 5.75 Å². The van der Waals surface area contributed by atoms with Gasteiger partial charge in [-0.1, -0.05) is 88.1 Å². The molecule has 1 heterocycles. The largest absolute Gasteiger partial charge is 0.419 e. The van der Waals surface area contributed by atoms with Crippen molar-refractivity contribution in [2.45, 2.75) is 71.1 Å². The van der Waals surface area contributed by atoms with Crippen LogP contribution in [-0.2, 0) is 0 Å². The minimum Gasteiger partial charge on any atom is -0.410 e. The fourth-order valence-corrected chi connectivity index (χ4v) is 8.18. The van der Waals surface area contributed by atoms with Gasteiger partial charge in [0.05, 0.1) is 14.1 Å². The number of hydrogen-bond donors (Lipinski definition) is 0. The molecular formula is C22H33NO2Si. The Hall–Kier alpha value is -1.81. The number of rotatable bonds is 8. The first-order valence-electron chi connectivity index (χ1n) is 10.1. The Labute approximate surface area is 159 Å². The van der Waals surface area contributed by atoms with E-state index in [0.29, 0.717) is 5.75 Å². The van der Waals surface area contributed by atoms with Crippen molar-refractivity contribution in [1.29, 1.82) is 0 Å². The van der Waals surface area contributed by atoms with E-state index in [1.807, 2.05) is 47.5 Å². The Morgan fingerprint density at radius 1 is 1.08 bits per heavy atom. The summed E-state index contributed by atoms with van der Waals surface area (Å²) in [5.41, 5.74) is 0. The summed E-state index contributed by atoms with van der Waals surface area (Å²) in [4.78, 5) is 14.8. The van der Waals surface area contributed by atoms with Crippen LogP contribution in [0.25, 0.3) is 0 Å². The van der Waals surface area contributed by atoms with E-state index in [0.717, 1.165) is 19.3 Å². The topological polar surface area (TPSA) is 29.5 Å². The molecule has 26 heavy (non-hydrogen) atoms. The number of carbonyl (C=O) groups is 1. The molecule has 1 amide bonds. The van der Waals surface area contributed by atoms with Gasteiger partial charge in [0.2, 0.25) is 0 Å². The third-order valence-electron chi connectivity index (χ3n) is 5.85. The van der Waals surface area contributed by atoms with E-state index in [1.165, 1.54) is 23.3 Å². The molecule has 3 nitrogen and oxygen atoms in total. The molecule has 1 aliphatic rings. The highest BCUT2D eigenvalue weighted by atomic mass is 28.3. The lowest BCUT2D eigenvalue weighted by molar-refractivity contribution is 0.158. The number of unbranched alkanes of at least 4 members (excludes halogenated alkanes) is 1. The third kappa shape index (κ3) is 4.47. The summed E-state index contributed by atoms with van der Waals surface area (Å²) in [5.74, 6) is 0.598. The summed E-state index contributed by atoms with van der Waals surface area (Å²) < 4.78 is 5.65. The quantitative estimate of drug-likeness (QED) is 0.485. The maximum absolute atomic E-state index is 12.9. The van der Waals surface area contributed by atoms with Crippen molar-refractivity contribution in [1.82, 2.24) is 4.90 Å². The highest BCUT2D eigenvalue weighted by molar-refractivity contribution is 6.86. The summed E-state index contributed by atoms with van der Waals surface area (Å²) in [5, 5.41) is 1.52. The van der Waals surface area contributed by atoms with Crippen LogP contribution in [0.4, 0.5) is 4.79 Å². The van der Waals surface area contributed by atoms with E-state index in [4.69, 9.17) is 4.74 Å². The van der Waals surface area contributed by atoms with Gasteiger partial charge in [0, 0.05) is 6.20 Å². The predicted octanol–water partition coefficient (Wildman–Crippen LogP) is 6.55. The van der Waals surface area contributed by atoms with Crippen molar-refractivity contribution in [3.63, 3.8) is 0 Å². The molecule has 1 aliphatic heterocycles. The van der Waals surface area contributed by atoms with Crippen molar-refractivity contribution < 1.29 is 9.53 Å². The molecule has 0 bridgehead atoms. The summed E-state index contributed by atoms with van der Waals surface area (Å²) in [7, 11) is -1.55. The second-order valence-corrected chi connectivity index (χ2v) is 12.3. The molecule has 0 radical (unpaired) electrons. The van der Waals surface area contributed by atoms with Gasteiger partial charge in [0.15, 0.2) is 0 Å². The van der Waals surface area contributed by atoms with Crippen LogP contribution in [0.3, 0.4) is 0 Å². The summed E-state index contributed by atoms with van der Waals surface area (Å²) >= 11 is 0. The van der Waals surface area contributed by atoms with E-state index in [9.17, 15) is 4.79 Å². The molecule has 2 rings (SSSR count). The molecule has 142 valence electrons. The fraction of sp³-hybridized carbons (Fsp3) is 0.500. The Bertz CT molecular complexity index is 627. The normalized spacial score (nSPS) is 17.2. The molecule has 0 fully saturated rings. The van der Waals surface area contributed by atoms with Gasteiger partial charge in [-0.05, 0) is 24.6 Å². The van der Waals surface area contributed by atoms with Crippen molar-refractivity contribution >= 4 is 14.2 Å². The maximum atomic E-state index is 12.9. The van der Waals surface area contributed by atoms with Crippen molar-refractivity contribution in [2.75, 3.05) is 0 Å². The first-order chi connectivity index (χ1) is 12.6. The predicted molar refractivity (Wildman–Crippen MR) is 112 cm³/mol. The smallest absolute Gasteiger partial charge is 0.410 e. The van der Waals surface area contributed by atoms with Gasteiger partial charge in [-0.3, -0.25) is 4.90 Å². The molecule has 0 aliphatic carbocycles. The first-order valence-corrected chi connectivity index (χ1v) is 12.7. The molecule has 1 aromatic carbocycles. The van der Waals surface area contributed by atoms with Gasteiger partial charge in [0.1, 0.15) is 5.75 Å². The average molecular weight is 372 g/mol. The number of nitrogens with zero attached hydrogens (tertiary/aromatic N) is 1. The van der Waals surface area contributed by atoms with Gasteiger partial charge >= 0.3 is 6.09 Å². The number of para-hydroxylation sites is 1. The number of carbonyl (C=O) groups excluding carboxylic acids is 1. The van der Waals surface area contributed by atoms with Crippen LogP contribution in [0.15, 0.2) is 53.9 Å². The lowest BCUT2D eigenvalue weighted by Crippen LogP contribution is -2.49. The molecule has 0 saturated heterocycles. The Kier molecular flexibility index (Phi) is 7.70. The number of ether oxygens (including phenoxy) is 1. The number of benzene rings is 1. The summed E-state index contributed by atoms with van der Waals surface area (Å²) in [6, 6.07) is 13.2. The van der Waals surface area contributed by atoms with Crippen molar-refractivity contribution in [3.8, 4) is 5.75 Å². The average Bonchev–Trinajstić information content (AvgIpc) is 2.69. The van der Waals surface area contributed by atoms with E-state index >= 15 is 0 Å². The van der Waals surface area contributed by atoms with Gasteiger partial charge in [-0.15, -0.1) is 0 Å². The minimum atomic E-state index is -1.55. The highest BCUT2D eigenvalue weighted by Gasteiger charge is 2.39. The minimum absolute atomic E-state index is 0.141. The molecular weight excluding hydrogens is 338 g/mol. The van der Waals surface area contributed by atoms with Crippen LogP contribution in [0.1, 0.15) is 47.0 Å². The van der Waals surface area contributed by atoms with Crippen LogP contribution in [0.2, 0.25) is 18.1 Å². The lowest BCUT2D eigenvalue weighted by Gasteiger charge is -2.41. The molecule has 0 N–H and O–H groups in total. The zero-order valence-corrected chi connectivity index (χ0v) is 17.7. The molecule has 0 saturated carbocycles. The van der Waals surface area contributed by atoms with Crippen molar-refractivity contribution in [3.05, 3.63) is 53.9 Å². The Morgan fingerprint density at radius 3 is 2.31 bits per heavy atom. The highest BCUT2D eigenvalue weighted by Crippen LogP contribution is 2.36. The standard InChI is InChI=1S/C22H33NO2Si/c1-5-9-16-20-21(26(6-2,7-3)8-4)17-13-18-23(20)22(24)25-19-14-11-10-12-15-19/h10-15,17-18,20H,5-9,16H2,1-4H3. The Balaban J connectivity index is 2.29. The molecule has 1 atom stereocenters. The SMILES string of the molecule is CCCCC1C([Si](CC)(CC)CC)=CC=CN1C(=O)Oc1ccccc1. The monoisotopic (exact) mass is 371 g/mol. The van der Waals surface area contributed by atoms with Crippen LogP contribution >= 0.6 is 0 Å². The van der Waals surface area contributed by atoms with E-state index in [2.05, 4.69) is 33.8 Å². The maximum Gasteiger partial charge on any atom is 0.419 e. The number of amides is 1. The molecule has 0 aromatic heterocycles. The fourth-order valence-electron chi connectivity index (χ4n) is 4.02. The second kappa shape index (κ2) is 9.77. The molecule has 4 heteroatoms. The van der Waals surface area contributed by atoms with E-state index in [-0.39, 0.29) is 12.1 Å². The van der Waals surface area contributed by atoms with Gasteiger partial charge < -0.3 is 4.74 Å².